The highest BCUT2D eigenvalue weighted by atomic mass is 127. The molecule has 10 heteroatoms. The third-order valence-electron chi connectivity index (χ3n) is 2.11. The van der Waals surface area contributed by atoms with E-state index in [1.165, 1.54) is 15.4 Å². The van der Waals surface area contributed by atoms with Gasteiger partial charge in [0.05, 0.1) is 34.0 Å². The standard InChI is InChI=1S/C8H9F2I2N2O2PS/c9-7(10)6-5(2-1-3-16-18-12)4-13-14(17-11)8(6)15/h4,7,17H,1-3H2. The third kappa shape index (κ3) is 4.80. The highest BCUT2D eigenvalue weighted by molar-refractivity contribution is 14.2. The second-order valence-electron chi connectivity index (χ2n) is 3.17. The summed E-state index contributed by atoms with van der Waals surface area (Å²) in [5, 5.41) is 3.87. The third-order valence-corrected chi connectivity index (χ3v) is 4.98. The Morgan fingerprint density at radius 3 is 2.89 bits per heavy atom. The topological polar surface area (TPSA) is 44.1 Å². The molecule has 0 N–H and O–H groups in total. The van der Waals surface area contributed by atoms with Crippen LogP contribution in [0.4, 0.5) is 8.78 Å². The largest absolute Gasteiger partial charge is 0.305 e. The van der Waals surface area contributed by atoms with Gasteiger partial charge in [0.25, 0.3) is 12.0 Å². The lowest BCUT2D eigenvalue weighted by Crippen LogP contribution is -2.23. The van der Waals surface area contributed by atoms with E-state index in [-0.39, 0.29) is 6.37 Å². The summed E-state index contributed by atoms with van der Waals surface area (Å²) >= 11 is 3.91. The summed E-state index contributed by atoms with van der Waals surface area (Å²) in [5.41, 5.74) is -0.821. The molecule has 0 saturated carbocycles. The first-order chi connectivity index (χ1) is 8.61. The van der Waals surface area contributed by atoms with Crippen LogP contribution in [-0.2, 0) is 10.6 Å². The summed E-state index contributed by atoms with van der Waals surface area (Å²) < 4.78 is 31.9. The quantitative estimate of drug-likeness (QED) is 0.237. The van der Waals surface area contributed by atoms with Gasteiger partial charge in [0.1, 0.15) is 0 Å². The van der Waals surface area contributed by atoms with Crippen molar-refractivity contribution in [3.63, 3.8) is 0 Å². The van der Waals surface area contributed by atoms with Crippen molar-refractivity contribution >= 4 is 58.8 Å². The zero-order chi connectivity index (χ0) is 13.5. The fourth-order valence-corrected chi connectivity index (χ4v) is 3.40. The summed E-state index contributed by atoms with van der Waals surface area (Å²) in [6.07, 6.45) is -0.457. The monoisotopic (exact) mass is 520 g/mol. The van der Waals surface area contributed by atoms with E-state index in [1.54, 1.807) is 0 Å². The molecule has 0 aliphatic carbocycles. The normalized spacial score (nSPS) is 11.8. The Morgan fingerprint density at radius 1 is 1.61 bits per heavy atom. The molecule has 0 aliphatic heterocycles. The Kier molecular flexibility index (Phi) is 8.48. The highest BCUT2D eigenvalue weighted by Crippen LogP contribution is 2.24. The maximum absolute atomic E-state index is 12.9. The number of hydrogen-bond donors (Lipinski definition) is 0. The van der Waals surface area contributed by atoms with Crippen LogP contribution in [0.2, 0.25) is 0 Å². The molecule has 0 saturated heterocycles. The van der Waals surface area contributed by atoms with E-state index >= 15 is 0 Å². The summed E-state index contributed by atoms with van der Waals surface area (Å²) in [6.45, 7) is 0.452. The van der Waals surface area contributed by atoms with Gasteiger partial charge in [0, 0.05) is 21.2 Å². The van der Waals surface area contributed by atoms with Gasteiger partial charge in [-0.05, 0) is 40.4 Å². The minimum Gasteiger partial charge on any atom is -0.305 e. The van der Waals surface area contributed by atoms with Gasteiger partial charge >= 0.3 is 0 Å². The average molecular weight is 520 g/mol. The zero-order valence-electron chi connectivity index (χ0n) is 8.91. The van der Waals surface area contributed by atoms with Crippen molar-refractivity contribution in [2.24, 2.45) is 0 Å². The highest BCUT2D eigenvalue weighted by Gasteiger charge is 2.19. The van der Waals surface area contributed by atoms with Crippen molar-refractivity contribution in [3.8, 4) is 0 Å². The van der Waals surface area contributed by atoms with Gasteiger partial charge in [-0.1, -0.05) is 0 Å². The van der Waals surface area contributed by atoms with Crippen LogP contribution < -0.4 is 5.56 Å². The number of alkyl halides is 2. The summed E-state index contributed by atoms with van der Waals surface area (Å²) in [6, 6.07) is 0. The molecule has 1 rings (SSSR count). The van der Waals surface area contributed by atoms with Gasteiger partial charge in [-0.15, -0.1) is 0 Å². The summed E-state index contributed by atoms with van der Waals surface area (Å²) in [5.74, 6) is 0. The van der Waals surface area contributed by atoms with Crippen molar-refractivity contribution in [2.75, 3.05) is 6.61 Å². The van der Waals surface area contributed by atoms with E-state index in [1.807, 2.05) is 43.2 Å². The molecule has 102 valence electrons. The van der Waals surface area contributed by atoms with Gasteiger partial charge < -0.3 is 4.18 Å². The SMILES string of the molecule is O=c1c(C(F)F)c(CCCOSI)cnn1PI. The van der Waals surface area contributed by atoms with Crippen molar-refractivity contribution in [1.29, 1.82) is 0 Å². The van der Waals surface area contributed by atoms with Crippen molar-refractivity contribution in [1.82, 2.24) is 9.55 Å². The molecule has 1 heterocycles. The Morgan fingerprint density at radius 2 is 2.33 bits per heavy atom. The van der Waals surface area contributed by atoms with E-state index in [0.717, 1.165) is 4.45 Å². The van der Waals surface area contributed by atoms with E-state index < -0.39 is 17.5 Å². The first-order valence-corrected chi connectivity index (χ1v) is 12.1. The molecule has 1 unspecified atom stereocenters. The lowest BCUT2D eigenvalue weighted by Gasteiger charge is -2.09. The molecule has 0 spiro atoms. The van der Waals surface area contributed by atoms with Gasteiger partial charge in [0.15, 0.2) is 0 Å². The van der Waals surface area contributed by atoms with Crippen LogP contribution >= 0.6 is 58.8 Å². The molecule has 0 aliphatic rings. The van der Waals surface area contributed by atoms with Crippen LogP contribution in [0.5, 0.6) is 0 Å². The number of aryl methyl sites for hydroxylation is 1. The fraction of sp³-hybridized carbons (Fsp3) is 0.500. The van der Waals surface area contributed by atoms with Crippen LogP contribution in [-0.4, -0.2) is 16.2 Å². The minimum atomic E-state index is -2.77. The van der Waals surface area contributed by atoms with Crippen LogP contribution in [0, 0.1) is 0 Å². The number of aromatic nitrogens is 2. The number of hydrogen-bond acceptors (Lipinski definition) is 4. The minimum absolute atomic E-state index is 0.0174. The molecule has 4 nitrogen and oxygen atoms in total. The maximum atomic E-state index is 12.9. The Bertz CT molecular complexity index is 450. The molecular weight excluding hydrogens is 511 g/mol. The van der Waals surface area contributed by atoms with Gasteiger partial charge in [0.2, 0.25) is 0 Å². The van der Waals surface area contributed by atoms with Crippen molar-refractivity contribution in [3.05, 3.63) is 27.7 Å². The van der Waals surface area contributed by atoms with E-state index in [4.69, 9.17) is 4.18 Å². The van der Waals surface area contributed by atoms with Gasteiger partial charge in [-0.2, -0.15) is 5.10 Å². The average Bonchev–Trinajstić information content (AvgIpc) is 2.34. The maximum Gasteiger partial charge on any atom is 0.279 e. The van der Waals surface area contributed by atoms with Crippen LogP contribution in [0.25, 0.3) is 0 Å². The van der Waals surface area contributed by atoms with E-state index in [9.17, 15) is 13.6 Å². The summed E-state index contributed by atoms with van der Waals surface area (Å²) in [7, 11) is 1.20. The van der Waals surface area contributed by atoms with Crippen LogP contribution in [0.1, 0.15) is 24.0 Å². The lowest BCUT2D eigenvalue weighted by molar-refractivity contribution is 0.147. The Balaban J connectivity index is 2.90. The zero-order valence-corrected chi connectivity index (χ0v) is 15.0. The predicted octanol–water partition coefficient (Wildman–Crippen LogP) is 3.92. The molecule has 0 fully saturated rings. The molecule has 0 bridgehead atoms. The molecule has 0 amide bonds. The Labute approximate surface area is 134 Å². The first kappa shape index (κ1) is 17.0. The molecule has 1 aromatic rings. The molecule has 0 aromatic carbocycles. The smallest absolute Gasteiger partial charge is 0.279 e. The van der Waals surface area contributed by atoms with Crippen molar-refractivity contribution in [2.45, 2.75) is 19.3 Å². The molecule has 1 atom stereocenters. The first-order valence-electron chi connectivity index (χ1n) is 4.78. The van der Waals surface area contributed by atoms with Crippen LogP contribution in [0.15, 0.2) is 11.0 Å². The fourth-order valence-electron chi connectivity index (χ4n) is 1.35. The number of nitrogens with zero attached hydrogens (tertiary/aromatic N) is 2. The van der Waals surface area contributed by atoms with E-state index in [0.29, 0.717) is 25.0 Å². The van der Waals surface area contributed by atoms with Crippen molar-refractivity contribution < 1.29 is 13.0 Å². The number of rotatable bonds is 7. The van der Waals surface area contributed by atoms with Gasteiger partial charge in [-0.25, -0.2) is 13.2 Å². The van der Waals surface area contributed by atoms with Gasteiger partial charge in [-0.3, -0.25) is 4.79 Å². The molecule has 18 heavy (non-hydrogen) atoms. The van der Waals surface area contributed by atoms with Crippen LogP contribution in [0.3, 0.4) is 0 Å². The second-order valence-corrected chi connectivity index (χ2v) is 6.65. The molecular formula is C8H9F2I2N2O2PS. The summed E-state index contributed by atoms with van der Waals surface area (Å²) in [4.78, 5) is 11.7. The molecule has 1 aromatic heterocycles. The lowest BCUT2D eigenvalue weighted by atomic mass is 10.1. The van der Waals surface area contributed by atoms with E-state index in [2.05, 4.69) is 5.10 Å². The molecule has 0 radical (unpaired) electrons. The number of halogens is 4. The second kappa shape index (κ2) is 8.98. The Hall–Kier alpha value is 0.940. The predicted molar refractivity (Wildman–Crippen MR) is 87.1 cm³/mol.